The highest BCUT2D eigenvalue weighted by atomic mass is 16.4. The molecule has 2 fully saturated rings. The molecule has 7 rings (SSSR count). The number of benzene rings is 1. The number of amides is 1. The van der Waals surface area contributed by atoms with E-state index in [4.69, 9.17) is 5.10 Å². The van der Waals surface area contributed by atoms with Crippen LogP contribution in [0.2, 0.25) is 0 Å². The number of fused-ring (bicyclic) bond motifs is 3. The van der Waals surface area contributed by atoms with Crippen molar-refractivity contribution in [2.24, 2.45) is 7.05 Å². The van der Waals surface area contributed by atoms with Gasteiger partial charge >= 0.3 is 6.09 Å². The van der Waals surface area contributed by atoms with E-state index < -0.39 is 6.09 Å². The minimum absolute atomic E-state index is 0.00156. The van der Waals surface area contributed by atoms with Gasteiger partial charge in [-0.2, -0.15) is 5.10 Å². The number of carboxylic acid groups (broad SMARTS) is 1. The first kappa shape index (κ1) is 22.2. The fourth-order valence-electron chi connectivity index (χ4n) is 5.52. The topological polar surface area (TPSA) is 130 Å². The van der Waals surface area contributed by atoms with Crippen LogP contribution in [0.1, 0.15) is 6.42 Å². The lowest BCUT2D eigenvalue weighted by atomic mass is 10.1. The number of piperazine rings is 1. The molecule has 6 heterocycles. The molecule has 0 aliphatic carbocycles. The summed E-state index contributed by atoms with van der Waals surface area (Å²) >= 11 is 0. The summed E-state index contributed by atoms with van der Waals surface area (Å²) in [6.45, 7) is 1.13. The van der Waals surface area contributed by atoms with Crippen molar-refractivity contribution in [2.45, 2.75) is 18.5 Å². The molecule has 38 heavy (non-hydrogen) atoms. The van der Waals surface area contributed by atoms with Crippen LogP contribution in [0.3, 0.4) is 0 Å². The molecule has 4 aromatic heterocycles. The zero-order valence-corrected chi connectivity index (χ0v) is 20.5. The van der Waals surface area contributed by atoms with Crippen LogP contribution in [0.5, 0.6) is 0 Å². The maximum absolute atomic E-state index is 11.5. The summed E-state index contributed by atoms with van der Waals surface area (Å²) in [7, 11) is 1.90. The third-order valence-electron chi connectivity index (χ3n) is 7.28. The van der Waals surface area contributed by atoms with E-state index >= 15 is 0 Å². The van der Waals surface area contributed by atoms with E-state index in [2.05, 4.69) is 42.4 Å². The molecule has 5 aromatic rings. The van der Waals surface area contributed by atoms with Crippen molar-refractivity contribution < 1.29 is 9.90 Å². The lowest BCUT2D eigenvalue weighted by Gasteiger charge is -2.33. The molecule has 0 saturated carbocycles. The Kier molecular flexibility index (Phi) is 4.99. The summed E-state index contributed by atoms with van der Waals surface area (Å²) in [5.41, 5.74) is 3.80. The van der Waals surface area contributed by atoms with Crippen LogP contribution in [0, 0.1) is 0 Å². The molecule has 2 bridgehead atoms. The molecular weight excluding hydrogens is 484 g/mol. The van der Waals surface area contributed by atoms with Gasteiger partial charge in [-0.1, -0.05) is 6.07 Å². The number of carbonyl (C=O) groups is 1. The SMILES string of the molecule is Cn1cc(-c2ccc3c(Nc4cnccn4)nn(-c4ccnc(N5C[C@@H]6C[C@H]5CN6C(=O)O)c4)c3c2)cn1. The van der Waals surface area contributed by atoms with E-state index in [0.717, 1.165) is 40.0 Å². The van der Waals surface area contributed by atoms with Crippen LogP contribution in [0.4, 0.5) is 22.2 Å². The molecule has 190 valence electrons. The Balaban J connectivity index is 1.30. The summed E-state index contributed by atoms with van der Waals surface area (Å²) < 4.78 is 3.68. The first-order valence-electron chi connectivity index (χ1n) is 12.3. The summed E-state index contributed by atoms with van der Waals surface area (Å²) in [5, 5.41) is 22.9. The third-order valence-corrected chi connectivity index (χ3v) is 7.28. The van der Waals surface area contributed by atoms with E-state index in [1.807, 2.05) is 42.3 Å². The van der Waals surface area contributed by atoms with Crippen molar-refractivity contribution in [3.63, 3.8) is 0 Å². The maximum atomic E-state index is 11.5. The van der Waals surface area contributed by atoms with Gasteiger partial charge in [-0.15, -0.1) is 5.10 Å². The fraction of sp³-hybridized carbons (Fsp3) is 0.231. The van der Waals surface area contributed by atoms with Crippen LogP contribution in [0.25, 0.3) is 27.7 Å². The Labute approximate surface area is 217 Å². The van der Waals surface area contributed by atoms with Gasteiger partial charge < -0.3 is 20.2 Å². The molecule has 12 heteroatoms. The Morgan fingerprint density at radius 3 is 2.68 bits per heavy atom. The zero-order chi connectivity index (χ0) is 25.8. The smallest absolute Gasteiger partial charge is 0.407 e. The van der Waals surface area contributed by atoms with Crippen molar-refractivity contribution in [2.75, 3.05) is 23.3 Å². The van der Waals surface area contributed by atoms with Gasteiger partial charge in [0.05, 0.1) is 35.7 Å². The third kappa shape index (κ3) is 3.69. The Bertz CT molecular complexity index is 1660. The molecule has 2 aliphatic heterocycles. The summed E-state index contributed by atoms with van der Waals surface area (Å²) in [6, 6.07) is 10.3. The highest BCUT2D eigenvalue weighted by Gasteiger charge is 2.45. The minimum Gasteiger partial charge on any atom is -0.465 e. The molecule has 1 aromatic carbocycles. The van der Waals surface area contributed by atoms with Gasteiger partial charge in [-0.05, 0) is 30.2 Å². The van der Waals surface area contributed by atoms with E-state index in [-0.39, 0.29) is 12.1 Å². The highest BCUT2D eigenvalue weighted by molar-refractivity contribution is 5.95. The van der Waals surface area contributed by atoms with Crippen LogP contribution in [0.15, 0.2) is 67.5 Å². The number of anilines is 3. The van der Waals surface area contributed by atoms with Crippen molar-refractivity contribution in [1.82, 2.24) is 39.4 Å². The number of nitrogens with zero attached hydrogens (tertiary/aromatic N) is 9. The van der Waals surface area contributed by atoms with Crippen molar-refractivity contribution in [3.8, 4) is 16.8 Å². The minimum atomic E-state index is -0.852. The van der Waals surface area contributed by atoms with Crippen molar-refractivity contribution in [1.29, 1.82) is 0 Å². The maximum Gasteiger partial charge on any atom is 0.407 e. The second-order valence-electron chi connectivity index (χ2n) is 9.61. The van der Waals surface area contributed by atoms with Crippen LogP contribution in [-0.2, 0) is 7.05 Å². The molecule has 2 aliphatic rings. The number of nitrogens with one attached hydrogen (secondary N) is 1. The van der Waals surface area contributed by atoms with Gasteiger partial charge in [-0.25, -0.2) is 19.4 Å². The Hall–Kier alpha value is -5.00. The summed E-state index contributed by atoms with van der Waals surface area (Å²) in [6.07, 6.45) is 10.5. The molecular formula is C26H24N10O2. The lowest BCUT2D eigenvalue weighted by molar-refractivity contribution is 0.137. The number of likely N-dealkylation sites (tertiary alicyclic amines) is 1. The first-order valence-corrected chi connectivity index (χ1v) is 12.3. The molecule has 2 saturated heterocycles. The number of aromatic nitrogens is 7. The van der Waals surface area contributed by atoms with E-state index in [0.29, 0.717) is 24.7 Å². The fourth-order valence-corrected chi connectivity index (χ4v) is 5.52. The molecule has 2 N–H and O–H groups in total. The second-order valence-corrected chi connectivity index (χ2v) is 9.61. The standard InChI is InChI=1S/C26H24N10O2/c1-33-13-17(11-30-33)16-2-3-21-22(8-16)36(32-25(21)31-23-12-27-6-7-28-23)18-4-5-29-24(10-18)34-14-20-9-19(34)15-35(20)26(37)38/h2-8,10-13,19-20H,9,14-15H2,1H3,(H,37,38)(H,28,31,32)/t19-,20-/m0/s1. The normalized spacial score (nSPS) is 18.4. The van der Waals surface area contributed by atoms with E-state index in [1.54, 1.807) is 29.5 Å². The van der Waals surface area contributed by atoms with Gasteiger partial charge in [0, 0.05) is 61.9 Å². The predicted molar refractivity (Wildman–Crippen MR) is 141 cm³/mol. The Morgan fingerprint density at radius 2 is 1.95 bits per heavy atom. The van der Waals surface area contributed by atoms with Gasteiger partial charge in [-0.3, -0.25) is 9.67 Å². The number of hydrogen-bond acceptors (Lipinski definition) is 8. The number of hydrogen-bond donors (Lipinski definition) is 2. The molecule has 0 radical (unpaired) electrons. The molecule has 12 nitrogen and oxygen atoms in total. The van der Waals surface area contributed by atoms with Crippen LogP contribution < -0.4 is 10.2 Å². The van der Waals surface area contributed by atoms with Crippen molar-refractivity contribution in [3.05, 3.63) is 67.5 Å². The van der Waals surface area contributed by atoms with Crippen molar-refractivity contribution >= 4 is 34.4 Å². The second kappa shape index (κ2) is 8.54. The first-order chi connectivity index (χ1) is 18.5. The molecule has 0 unspecified atom stereocenters. The number of rotatable bonds is 5. The Morgan fingerprint density at radius 1 is 1.03 bits per heavy atom. The van der Waals surface area contributed by atoms with Gasteiger partial charge in [0.2, 0.25) is 0 Å². The monoisotopic (exact) mass is 508 g/mol. The van der Waals surface area contributed by atoms with E-state index in [9.17, 15) is 9.90 Å². The highest BCUT2D eigenvalue weighted by Crippen LogP contribution is 2.36. The zero-order valence-electron chi connectivity index (χ0n) is 20.5. The molecule has 2 atom stereocenters. The summed E-state index contributed by atoms with van der Waals surface area (Å²) in [5.74, 6) is 2.08. The average molecular weight is 509 g/mol. The van der Waals surface area contributed by atoms with Gasteiger partial charge in [0.1, 0.15) is 11.6 Å². The van der Waals surface area contributed by atoms with Gasteiger partial charge in [0.25, 0.3) is 0 Å². The van der Waals surface area contributed by atoms with E-state index in [1.165, 1.54) is 4.90 Å². The predicted octanol–water partition coefficient (Wildman–Crippen LogP) is 3.30. The number of aryl methyl sites for hydroxylation is 1. The average Bonchev–Trinajstić information content (AvgIpc) is 3.73. The molecule has 0 spiro atoms. The quantitative estimate of drug-likeness (QED) is 0.367. The van der Waals surface area contributed by atoms with Gasteiger partial charge in [0.15, 0.2) is 5.82 Å². The van der Waals surface area contributed by atoms with Crippen LogP contribution in [-0.4, -0.2) is 75.8 Å². The van der Waals surface area contributed by atoms with Crippen LogP contribution >= 0.6 is 0 Å². The largest absolute Gasteiger partial charge is 0.465 e. The number of pyridine rings is 1. The lowest BCUT2D eigenvalue weighted by Crippen LogP contribution is -2.48. The molecule has 1 amide bonds. The summed E-state index contributed by atoms with van der Waals surface area (Å²) in [4.78, 5) is 28.4.